The lowest BCUT2D eigenvalue weighted by Crippen LogP contribution is -2.40. The maximum atomic E-state index is 13.0. The molecule has 9 heteroatoms. The van der Waals surface area contributed by atoms with Crippen LogP contribution in [0.3, 0.4) is 0 Å². The molecule has 1 N–H and O–H groups in total. The smallest absolute Gasteiger partial charge is 0.276 e. The van der Waals surface area contributed by atoms with Crippen LogP contribution in [-0.4, -0.2) is 46.7 Å². The summed E-state index contributed by atoms with van der Waals surface area (Å²) in [5.74, 6) is 0.881. The van der Waals surface area contributed by atoms with Crippen molar-refractivity contribution < 1.29 is 13.2 Å². The van der Waals surface area contributed by atoms with E-state index in [-0.39, 0.29) is 17.9 Å². The van der Waals surface area contributed by atoms with E-state index < -0.39 is 10.0 Å². The molecule has 0 unspecified atom stereocenters. The first-order valence-corrected chi connectivity index (χ1v) is 11.3. The molecule has 3 heterocycles. The molecule has 2 aromatic heterocycles. The van der Waals surface area contributed by atoms with Gasteiger partial charge >= 0.3 is 0 Å². The average molecular weight is 417 g/mol. The van der Waals surface area contributed by atoms with Crippen LogP contribution in [0.1, 0.15) is 31.0 Å². The van der Waals surface area contributed by atoms with Gasteiger partial charge in [0, 0.05) is 18.2 Å². The lowest BCUT2D eigenvalue weighted by molar-refractivity contribution is 0.383. The molecule has 154 valence electrons. The van der Waals surface area contributed by atoms with Gasteiger partial charge in [-0.05, 0) is 42.7 Å². The lowest BCUT2D eigenvalue weighted by atomic mass is 10.1. The number of nitrogens with one attached hydrogen (secondary N) is 1. The Morgan fingerprint density at radius 2 is 2.00 bits per heavy atom. The van der Waals surface area contributed by atoms with Gasteiger partial charge in [-0.2, -0.15) is 4.31 Å². The Balaban J connectivity index is 1.70. The van der Waals surface area contributed by atoms with Gasteiger partial charge in [-0.1, -0.05) is 13.3 Å². The maximum Gasteiger partial charge on any atom is 0.276 e. The zero-order chi connectivity index (χ0) is 20.6. The fraction of sp³-hybridized carbons (Fsp3) is 0.400. The summed E-state index contributed by atoms with van der Waals surface area (Å²) in [6.45, 7) is 2.43. The van der Waals surface area contributed by atoms with Crippen LogP contribution >= 0.6 is 0 Å². The van der Waals surface area contributed by atoms with Crippen molar-refractivity contribution in [3.05, 3.63) is 51.9 Å². The van der Waals surface area contributed by atoms with Gasteiger partial charge in [-0.3, -0.25) is 9.89 Å². The molecular formula is C20H24N4O4S. The summed E-state index contributed by atoms with van der Waals surface area (Å²) in [4.78, 5) is 17.6. The van der Waals surface area contributed by atoms with Crippen LogP contribution in [0.5, 0.6) is 5.75 Å². The van der Waals surface area contributed by atoms with Crippen molar-refractivity contribution in [3.8, 4) is 17.0 Å². The molecule has 0 radical (unpaired) electrons. The van der Waals surface area contributed by atoms with Crippen LogP contribution in [0.4, 0.5) is 0 Å². The highest BCUT2D eigenvalue weighted by atomic mass is 32.2. The van der Waals surface area contributed by atoms with Crippen molar-refractivity contribution in [1.29, 1.82) is 0 Å². The number of aromatic nitrogens is 3. The number of aromatic amines is 1. The van der Waals surface area contributed by atoms with Crippen LogP contribution in [0.2, 0.25) is 0 Å². The summed E-state index contributed by atoms with van der Waals surface area (Å²) >= 11 is 0. The minimum Gasteiger partial charge on any atom is -0.497 e. The van der Waals surface area contributed by atoms with Gasteiger partial charge in [0.2, 0.25) is 10.0 Å². The van der Waals surface area contributed by atoms with Gasteiger partial charge in [0.25, 0.3) is 5.56 Å². The topological polar surface area (TPSA) is 96.8 Å². The Morgan fingerprint density at radius 1 is 1.24 bits per heavy atom. The van der Waals surface area contributed by atoms with Crippen molar-refractivity contribution in [2.24, 2.45) is 0 Å². The highest BCUT2D eigenvalue weighted by Gasteiger charge is 2.29. The number of benzene rings is 1. The quantitative estimate of drug-likeness (QED) is 0.664. The first kappa shape index (κ1) is 19.7. The third kappa shape index (κ3) is 3.67. The molecule has 3 aromatic rings. The van der Waals surface area contributed by atoms with E-state index in [1.165, 1.54) is 8.82 Å². The second kappa shape index (κ2) is 7.64. The molecule has 1 aliphatic rings. The summed E-state index contributed by atoms with van der Waals surface area (Å²) in [7, 11) is -1.73. The van der Waals surface area contributed by atoms with Crippen molar-refractivity contribution in [2.75, 3.05) is 19.4 Å². The van der Waals surface area contributed by atoms with Crippen LogP contribution < -0.4 is 10.3 Å². The molecule has 0 atom stereocenters. The number of unbranched alkanes of at least 4 members (excludes halogenated alkanes) is 1. The zero-order valence-electron chi connectivity index (χ0n) is 16.5. The van der Waals surface area contributed by atoms with E-state index in [1.807, 2.05) is 31.2 Å². The van der Waals surface area contributed by atoms with Crippen molar-refractivity contribution >= 4 is 15.7 Å². The fourth-order valence-electron chi connectivity index (χ4n) is 3.58. The molecular weight excluding hydrogens is 392 g/mol. The average Bonchev–Trinajstić information content (AvgIpc) is 3.16. The van der Waals surface area contributed by atoms with E-state index in [0.29, 0.717) is 36.3 Å². The summed E-state index contributed by atoms with van der Waals surface area (Å²) in [5, 5.41) is 3.11. The van der Waals surface area contributed by atoms with Gasteiger partial charge in [0.15, 0.2) is 5.65 Å². The normalized spacial score (nSPS) is 14.8. The van der Waals surface area contributed by atoms with Gasteiger partial charge < -0.3 is 4.74 Å². The molecule has 29 heavy (non-hydrogen) atoms. The number of H-pyrrole nitrogens is 1. The number of rotatable bonds is 6. The summed E-state index contributed by atoms with van der Waals surface area (Å²) in [6, 6.07) is 9.29. The number of fused-ring (bicyclic) bond motifs is 2. The maximum absolute atomic E-state index is 13.0. The van der Waals surface area contributed by atoms with Crippen LogP contribution in [0, 0.1) is 0 Å². The number of hydrogen-bond acceptors (Lipinski definition) is 5. The van der Waals surface area contributed by atoms with Crippen molar-refractivity contribution in [3.63, 3.8) is 0 Å². The number of sulfonamides is 1. The highest BCUT2D eigenvalue weighted by Crippen LogP contribution is 2.23. The Hall–Kier alpha value is -2.65. The van der Waals surface area contributed by atoms with Crippen LogP contribution in [0.25, 0.3) is 16.9 Å². The van der Waals surface area contributed by atoms with Crippen LogP contribution in [-0.2, 0) is 23.0 Å². The van der Waals surface area contributed by atoms with Gasteiger partial charge in [-0.25, -0.2) is 17.9 Å². The number of nitrogens with zero attached hydrogens (tertiary/aromatic N) is 3. The molecule has 0 spiro atoms. The Labute approximate surface area is 169 Å². The predicted molar refractivity (Wildman–Crippen MR) is 111 cm³/mol. The van der Waals surface area contributed by atoms with Gasteiger partial charge in [-0.15, -0.1) is 0 Å². The van der Waals surface area contributed by atoms with E-state index in [4.69, 9.17) is 4.74 Å². The fourth-order valence-corrected chi connectivity index (χ4v) is 5.18. The Morgan fingerprint density at radius 3 is 2.69 bits per heavy atom. The summed E-state index contributed by atoms with van der Waals surface area (Å²) in [5.41, 5.74) is 3.08. The highest BCUT2D eigenvalue weighted by molar-refractivity contribution is 7.89. The first-order valence-electron chi connectivity index (χ1n) is 9.68. The SMILES string of the molecule is CCCCS(=O)(=O)N1CCc2c(nc3cc(-c4ccc(OC)cc4)[nH]n3c2=O)C1. The molecule has 0 aliphatic carbocycles. The van der Waals surface area contributed by atoms with Gasteiger partial charge in [0.05, 0.1) is 30.8 Å². The molecule has 8 nitrogen and oxygen atoms in total. The van der Waals surface area contributed by atoms with E-state index in [1.54, 1.807) is 13.2 Å². The summed E-state index contributed by atoms with van der Waals surface area (Å²) < 4.78 is 33.1. The minimum absolute atomic E-state index is 0.131. The van der Waals surface area contributed by atoms with E-state index >= 15 is 0 Å². The molecule has 0 fully saturated rings. The number of ether oxygens (including phenoxy) is 1. The van der Waals surface area contributed by atoms with Crippen molar-refractivity contribution in [2.45, 2.75) is 32.7 Å². The third-order valence-electron chi connectivity index (χ3n) is 5.28. The first-order chi connectivity index (χ1) is 13.9. The largest absolute Gasteiger partial charge is 0.497 e. The molecule has 0 saturated heterocycles. The van der Waals surface area contributed by atoms with E-state index in [2.05, 4.69) is 10.1 Å². The second-order valence-corrected chi connectivity index (χ2v) is 9.28. The number of hydrogen-bond donors (Lipinski definition) is 1. The van der Waals surface area contributed by atoms with E-state index in [9.17, 15) is 13.2 Å². The summed E-state index contributed by atoms with van der Waals surface area (Å²) in [6.07, 6.45) is 1.82. The molecule has 0 bridgehead atoms. The third-order valence-corrected chi connectivity index (χ3v) is 7.18. The standard InChI is InChI=1S/C20H24N4O4S/c1-3-4-11-29(26,27)23-10-9-16-18(13-23)21-19-12-17(22-24(19)20(16)25)14-5-7-15(28-2)8-6-14/h5-8,12,22H,3-4,9-11,13H2,1-2H3. The van der Waals surface area contributed by atoms with Gasteiger partial charge in [0.1, 0.15) is 5.75 Å². The molecule has 1 aliphatic heterocycles. The zero-order valence-corrected chi connectivity index (χ0v) is 17.3. The van der Waals surface area contributed by atoms with Crippen LogP contribution in [0.15, 0.2) is 35.1 Å². The lowest BCUT2D eigenvalue weighted by Gasteiger charge is -2.26. The minimum atomic E-state index is -3.33. The monoisotopic (exact) mass is 416 g/mol. The molecule has 4 rings (SSSR count). The number of methoxy groups -OCH3 is 1. The Kier molecular flexibility index (Phi) is 5.18. The second-order valence-electron chi connectivity index (χ2n) is 7.19. The van der Waals surface area contributed by atoms with Crippen molar-refractivity contribution in [1.82, 2.24) is 18.9 Å². The molecule has 1 aromatic carbocycles. The molecule has 0 saturated carbocycles. The Bertz CT molecular complexity index is 1200. The predicted octanol–water partition coefficient (Wildman–Crippen LogP) is 2.19. The van der Waals surface area contributed by atoms with E-state index in [0.717, 1.165) is 23.4 Å². The molecule has 0 amide bonds.